The number of ether oxygens (including phenoxy) is 1. The maximum atomic E-state index is 14.3. The van der Waals surface area contributed by atoms with Crippen LogP contribution in [0.15, 0.2) is 23.0 Å². The van der Waals surface area contributed by atoms with Crippen molar-refractivity contribution in [1.82, 2.24) is 9.97 Å². The quantitative estimate of drug-likeness (QED) is 0.657. The molecule has 0 saturated heterocycles. The van der Waals surface area contributed by atoms with Crippen LogP contribution in [0.2, 0.25) is 0 Å². The SMILES string of the molecule is Cc1sc2nc([C@@H](C)Nc3ccc(OC4CCC4)c(F)c3)[nH]c(=O)c2c1C. The monoisotopic (exact) mass is 387 g/mol. The number of benzene rings is 1. The Morgan fingerprint density at radius 2 is 2.15 bits per heavy atom. The lowest BCUT2D eigenvalue weighted by Crippen LogP contribution is -2.25. The summed E-state index contributed by atoms with van der Waals surface area (Å²) in [5.41, 5.74) is 1.45. The smallest absolute Gasteiger partial charge is 0.259 e. The van der Waals surface area contributed by atoms with Gasteiger partial charge in [-0.1, -0.05) is 0 Å². The van der Waals surface area contributed by atoms with E-state index in [1.165, 1.54) is 17.4 Å². The summed E-state index contributed by atoms with van der Waals surface area (Å²) >= 11 is 1.51. The van der Waals surface area contributed by atoms with Crippen molar-refractivity contribution in [1.29, 1.82) is 0 Å². The predicted molar refractivity (Wildman–Crippen MR) is 106 cm³/mol. The third-order valence-corrected chi connectivity index (χ3v) is 6.23. The number of anilines is 1. The Hall–Kier alpha value is -2.41. The van der Waals surface area contributed by atoms with E-state index >= 15 is 0 Å². The van der Waals surface area contributed by atoms with Gasteiger partial charge in [0.25, 0.3) is 5.56 Å². The molecule has 1 atom stereocenters. The zero-order valence-electron chi connectivity index (χ0n) is 15.6. The first-order valence-corrected chi connectivity index (χ1v) is 9.96. The van der Waals surface area contributed by atoms with Crippen LogP contribution in [-0.2, 0) is 0 Å². The second-order valence-corrected chi connectivity index (χ2v) is 8.30. The van der Waals surface area contributed by atoms with Crippen molar-refractivity contribution in [3.05, 3.63) is 50.6 Å². The molecule has 0 spiro atoms. The van der Waals surface area contributed by atoms with Gasteiger partial charge in [0.2, 0.25) is 0 Å². The number of thiophene rings is 1. The molecule has 0 amide bonds. The Balaban J connectivity index is 1.55. The van der Waals surface area contributed by atoms with Gasteiger partial charge in [-0.15, -0.1) is 11.3 Å². The fraction of sp³-hybridized carbons (Fsp3) is 0.400. The number of nitrogens with one attached hydrogen (secondary N) is 2. The second-order valence-electron chi connectivity index (χ2n) is 7.10. The Labute approximate surface area is 160 Å². The van der Waals surface area contributed by atoms with Gasteiger partial charge in [-0.2, -0.15) is 0 Å². The summed E-state index contributed by atoms with van der Waals surface area (Å²) < 4.78 is 19.9. The van der Waals surface area contributed by atoms with Crippen LogP contribution in [0.4, 0.5) is 10.1 Å². The van der Waals surface area contributed by atoms with Gasteiger partial charge in [0.05, 0.1) is 17.5 Å². The van der Waals surface area contributed by atoms with Crippen LogP contribution >= 0.6 is 11.3 Å². The fourth-order valence-electron chi connectivity index (χ4n) is 3.15. The van der Waals surface area contributed by atoms with Crippen molar-refractivity contribution in [2.45, 2.75) is 52.2 Å². The van der Waals surface area contributed by atoms with Crippen LogP contribution in [0.1, 0.15) is 48.5 Å². The highest BCUT2D eigenvalue weighted by molar-refractivity contribution is 7.18. The highest BCUT2D eigenvalue weighted by Crippen LogP contribution is 2.30. The van der Waals surface area contributed by atoms with Crippen molar-refractivity contribution in [3.63, 3.8) is 0 Å². The first kappa shape index (κ1) is 18.0. The van der Waals surface area contributed by atoms with E-state index in [9.17, 15) is 9.18 Å². The average Bonchev–Trinajstić information content (AvgIpc) is 2.87. The van der Waals surface area contributed by atoms with E-state index in [0.29, 0.717) is 16.9 Å². The Morgan fingerprint density at radius 1 is 1.37 bits per heavy atom. The van der Waals surface area contributed by atoms with Gasteiger partial charge in [0.15, 0.2) is 11.6 Å². The van der Waals surface area contributed by atoms with E-state index in [1.807, 2.05) is 20.8 Å². The van der Waals surface area contributed by atoms with E-state index in [1.54, 1.807) is 12.1 Å². The molecular formula is C20H22FN3O2S. The molecule has 1 saturated carbocycles. The van der Waals surface area contributed by atoms with Crippen LogP contribution in [0.3, 0.4) is 0 Å². The van der Waals surface area contributed by atoms with Gasteiger partial charge >= 0.3 is 0 Å². The molecule has 2 heterocycles. The van der Waals surface area contributed by atoms with E-state index in [2.05, 4.69) is 15.3 Å². The molecule has 0 aliphatic heterocycles. The van der Waals surface area contributed by atoms with Gasteiger partial charge in [-0.3, -0.25) is 4.79 Å². The first-order valence-electron chi connectivity index (χ1n) is 9.15. The van der Waals surface area contributed by atoms with Crippen LogP contribution in [0.5, 0.6) is 5.75 Å². The van der Waals surface area contributed by atoms with Crippen LogP contribution in [-0.4, -0.2) is 16.1 Å². The zero-order chi connectivity index (χ0) is 19.1. The Bertz CT molecular complexity index is 1060. The highest BCUT2D eigenvalue weighted by atomic mass is 32.1. The van der Waals surface area contributed by atoms with Crippen molar-refractivity contribution < 1.29 is 9.13 Å². The zero-order valence-corrected chi connectivity index (χ0v) is 16.4. The number of hydrogen-bond acceptors (Lipinski definition) is 5. The van der Waals surface area contributed by atoms with E-state index in [0.717, 1.165) is 34.5 Å². The number of hydrogen-bond donors (Lipinski definition) is 2. The maximum absolute atomic E-state index is 14.3. The summed E-state index contributed by atoms with van der Waals surface area (Å²) in [4.78, 5) is 21.7. The lowest BCUT2D eigenvalue weighted by molar-refractivity contribution is 0.115. The second kappa shape index (κ2) is 6.96. The molecule has 0 radical (unpaired) electrons. The maximum Gasteiger partial charge on any atom is 0.259 e. The molecule has 4 rings (SSSR count). The molecule has 1 aliphatic rings. The Morgan fingerprint density at radius 3 is 2.81 bits per heavy atom. The first-order chi connectivity index (χ1) is 12.9. The van der Waals surface area contributed by atoms with Crippen molar-refractivity contribution >= 4 is 27.2 Å². The lowest BCUT2D eigenvalue weighted by Gasteiger charge is -2.26. The average molecular weight is 387 g/mol. The van der Waals surface area contributed by atoms with Crippen LogP contribution in [0.25, 0.3) is 10.2 Å². The largest absolute Gasteiger partial charge is 0.487 e. The van der Waals surface area contributed by atoms with Crippen molar-refractivity contribution in [2.24, 2.45) is 0 Å². The summed E-state index contributed by atoms with van der Waals surface area (Å²) in [7, 11) is 0. The number of aromatic nitrogens is 2. The number of aryl methyl sites for hydroxylation is 2. The van der Waals surface area contributed by atoms with Gasteiger partial charge in [-0.25, -0.2) is 9.37 Å². The highest BCUT2D eigenvalue weighted by Gasteiger charge is 2.21. The third kappa shape index (κ3) is 3.43. The fourth-order valence-corrected chi connectivity index (χ4v) is 4.19. The third-order valence-electron chi connectivity index (χ3n) is 5.13. The molecule has 7 heteroatoms. The minimum absolute atomic E-state index is 0.135. The standard InChI is InChI=1S/C20H22FN3O2S/c1-10-12(3)27-20-17(10)19(25)23-18(24-20)11(2)22-13-7-8-16(15(21)9-13)26-14-5-4-6-14/h7-9,11,14,22H,4-6H2,1-3H3,(H,23,24,25)/t11-/m1/s1. The molecule has 0 unspecified atom stereocenters. The van der Waals surface area contributed by atoms with Crippen molar-refractivity contribution in [2.75, 3.05) is 5.32 Å². The van der Waals surface area contributed by atoms with Gasteiger partial charge in [-0.05, 0) is 57.7 Å². The molecule has 2 N–H and O–H groups in total. The molecule has 1 aliphatic carbocycles. The van der Waals surface area contributed by atoms with Gasteiger partial charge in [0, 0.05) is 16.6 Å². The molecule has 3 aromatic rings. The van der Waals surface area contributed by atoms with E-state index in [-0.39, 0.29) is 29.3 Å². The number of fused-ring (bicyclic) bond motifs is 1. The number of H-pyrrole nitrogens is 1. The summed E-state index contributed by atoms with van der Waals surface area (Å²) in [6.07, 6.45) is 3.25. The summed E-state index contributed by atoms with van der Waals surface area (Å²) in [6, 6.07) is 4.57. The van der Waals surface area contributed by atoms with Gasteiger partial charge < -0.3 is 15.0 Å². The van der Waals surface area contributed by atoms with Crippen molar-refractivity contribution in [3.8, 4) is 5.75 Å². The number of nitrogens with zero attached hydrogens (tertiary/aromatic N) is 1. The summed E-state index contributed by atoms with van der Waals surface area (Å²) in [5.74, 6) is 0.430. The molecule has 1 fully saturated rings. The minimum atomic E-state index is -0.388. The van der Waals surface area contributed by atoms with Gasteiger partial charge in [0.1, 0.15) is 10.7 Å². The molecule has 27 heavy (non-hydrogen) atoms. The number of halogens is 1. The minimum Gasteiger partial charge on any atom is -0.487 e. The van der Waals surface area contributed by atoms with Crippen LogP contribution < -0.4 is 15.6 Å². The number of aromatic amines is 1. The number of rotatable bonds is 5. The normalized spacial score (nSPS) is 15.6. The molecular weight excluding hydrogens is 365 g/mol. The van der Waals surface area contributed by atoms with E-state index < -0.39 is 0 Å². The summed E-state index contributed by atoms with van der Waals surface area (Å²) in [6.45, 7) is 5.80. The lowest BCUT2D eigenvalue weighted by atomic mass is 9.96. The molecule has 142 valence electrons. The predicted octanol–water partition coefficient (Wildman–Crippen LogP) is 4.84. The summed E-state index contributed by atoms with van der Waals surface area (Å²) in [5, 5.41) is 3.85. The molecule has 1 aromatic carbocycles. The molecule has 0 bridgehead atoms. The molecule has 2 aromatic heterocycles. The molecule has 5 nitrogen and oxygen atoms in total. The van der Waals surface area contributed by atoms with Crippen LogP contribution in [0, 0.1) is 19.7 Å². The Kier molecular flexibility index (Phi) is 4.63. The topological polar surface area (TPSA) is 67.0 Å². The van der Waals surface area contributed by atoms with E-state index in [4.69, 9.17) is 4.74 Å².